The minimum absolute atomic E-state index is 0.0464. The first-order chi connectivity index (χ1) is 16.4. The number of carbonyl (C=O) groups excluding carboxylic acids is 2. The van der Waals surface area contributed by atoms with E-state index in [2.05, 4.69) is 5.32 Å². The summed E-state index contributed by atoms with van der Waals surface area (Å²) in [5.41, 5.74) is 1.33. The fourth-order valence-corrected chi connectivity index (χ4v) is 6.35. The van der Waals surface area contributed by atoms with Crippen molar-refractivity contribution in [2.45, 2.75) is 38.5 Å². The van der Waals surface area contributed by atoms with Gasteiger partial charge in [0, 0.05) is 17.4 Å². The number of hydrogen-bond acceptors (Lipinski definition) is 4. The van der Waals surface area contributed by atoms with Crippen LogP contribution in [0.5, 0.6) is 5.75 Å². The maximum atomic E-state index is 14.8. The summed E-state index contributed by atoms with van der Waals surface area (Å²) < 4.78 is 34.8. The van der Waals surface area contributed by atoms with Crippen molar-refractivity contribution in [1.82, 2.24) is 4.90 Å². The first-order valence-corrected chi connectivity index (χ1v) is 14.9. The van der Waals surface area contributed by atoms with Gasteiger partial charge in [0.1, 0.15) is 23.4 Å². The van der Waals surface area contributed by atoms with E-state index in [0.717, 1.165) is 17.7 Å². The molecule has 1 saturated carbocycles. The van der Waals surface area contributed by atoms with Crippen LogP contribution in [-0.2, 0) is 20.8 Å². The Hall–Kier alpha value is -3.27. The number of methoxy groups -OCH3 is 1. The standard InChI is InChI=1S/C25H28F2N2O5Si/c1-34-15-5-6-16-13(9-15)7-8-29(24(31)17-12-18(17)25(32)33)21(16)23(30)28-14-10-19(26)22(20(27)11-14)35(2,3)4/h5-6,9-11,17-18,21H,7-8,12H2,1-4H3,(H,28,30)(H,32,33)/t17-,18-,21-/m1/s1. The summed E-state index contributed by atoms with van der Waals surface area (Å²) in [7, 11) is -0.772. The van der Waals surface area contributed by atoms with Crippen LogP contribution < -0.4 is 15.2 Å². The predicted octanol–water partition coefficient (Wildman–Crippen LogP) is 3.30. The number of halogens is 2. The number of amides is 2. The zero-order valence-electron chi connectivity index (χ0n) is 20.0. The predicted molar refractivity (Wildman–Crippen MR) is 128 cm³/mol. The molecular weight excluding hydrogens is 474 g/mol. The summed E-state index contributed by atoms with van der Waals surface area (Å²) in [5, 5.41) is 11.9. The number of carboxylic acid groups (broad SMARTS) is 1. The molecule has 2 N–H and O–H groups in total. The van der Waals surface area contributed by atoms with Crippen molar-refractivity contribution in [3.8, 4) is 5.75 Å². The second-order valence-electron chi connectivity index (χ2n) is 10.1. The fraction of sp³-hybridized carbons (Fsp3) is 0.400. The molecule has 0 spiro atoms. The average molecular weight is 503 g/mol. The van der Waals surface area contributed by atoms with E-state index in [0.29, 0.717) is 17.7 Å². The molecule has 10 heteroatoms. The van der Waals surface area contributed by atoms with Gasteiger partial charge in [-0.25, -0.2) is 8.78 Å². The summed E-state index contributed by atoms with van der Waals surface area (Å²) in [6.45, 7) is 5.68. The Morgan fingerprint density at radius 2 is 1.74 bits per heavy atom. The molecule has 0 aromatic heterocycles. The molecule has 4 rings (SSSR count). The Balaban J connectivity index is 1.67. The highest BCUT2D eigenvalue weighted by Gasteiger charge is 2.52. The lowest BCUT2D eigenvalue weighted by Crippen LogP contribution is -2.46. The minimum Gasteiger partial charge on any atom is -0.497 e. The number of rotatable bonds is 6. The Kier molecular flexibility index (Phi) is 6.43. The van der Waals surface area contributed by atoms with Crippen LogP contribution >= 0.6 is 0 Å². The Bertz CT molecular complexity index is 1190. The van der Waals surface area contributed by atoms with Gasteiger partial charge in [0.25, 0.3) is 5.91 Å². The van der Waals surface area contributed by atoms with Gasteiger partial charge in [-0.1, -0.05) is 25.7 Å². The topological polar surface area (TPSA) is 95.9 Å². The number of aliphatic carboxylic acids is 1. The van der Waals surface area contributed by atoms with Crippen LogP contribution in [0.25, 0.3) is 0 Å². The SMILES string of the molecule is COc1ccc2c(c1)CCN(C(=O)[C@@H]1C[C@H]1C(=O)O)[C@H]2C(=O)Nc1cc(F)c([Si](C)(C)C)c(F)c1. The van der Waals surface area contributed by atoms with Crippen molar-refractivity contribution in [2.75, 3.05) is 19.0 Å². The summed E-state index contributed by atoms with van der Waals surface area (Å²) in [6, 6.07) is 6.27. The number of ether oxygens (including phenoxy) is 1. The third-order valence-corrected chi connectivity index (χ3v) is 8.57. The molecule has 1 aliphatic heterocycles. The third kappa shape index (κ3) is 4.79. The number of carboxylic acids is 1. The molecule has 2 aromatic carbocycles. The molecule has 1 aliphatic carbocycles. The van der Waals surface area contributed by atoms with E-state index in [1.165, 1.54) is 12.0 Å². The molecule has 0 bridgehead atoms. The number of anilines is 1. The molecule has 1 heterocycles. The van der Waals surface area contributed by atoms with Crippen LogP contribution in [0.1, 0.15) is 23.6 Å². The lowest BCUT2D eigenvalue weighted by Gasteiger charge is -2.37. The maximum absolute atomic E-state index is 14.8. The van der Waals surface area contributed by atoms with Crippen molar-refractivity contribution in [1.29, 1.82) is 0 Å². The Morgan fingerprint density at radius 3 is 2.29 bits per heavy atom. The number of hydrogen-bond donors (Lipinski definition) is 2. The number of fused-ring (bicyclic) bond motifs is 1. The summed E-state index contributed by atoms with van der Waals surface area (Å²) >= 11 is 0. The van der Waals surface area contributed by atoms with E-state index in [1.54, 1.807) is 18.2 Å². The van der Waals surface area contributed by atoms with Gasteiger partial charge in [-0.3, -0.25) is 14.4 Å². The van der Waals surface area contributed by atoms with Crippen LogP contribution in [-0.4, -0.2) is 49.5 Å². The summed E-state index contributed by atoms with van der Waals surface area (Å²) in [4.78, 5) is 39.3. The quantitative estimate of drug-likeness (QED) is 0.591. The molecule has 3 atom stereocenters. The maximum Gasteiger partial charge on any atom is 0.307 e. The largest absolute Gasteiger partial charge is 0.497 e. The molecule has 0 radical (unpaired) electrons. The van der Waals surface area contributed by atoms with Crippen LogP contribution in [0.15, 0.2) is 30.3 Å². The van der Waals surface area contributed by atoms with E-state index in [-0.39, 0.29) is 23.8 Å². The monoisotopic (exact) mass is 502 g/mol. The molecular formula is C25H28F2N2O5Si. The van der Waals surface area contributed by atoms with Crippen LogP contribution in [0.3, 0.4) is 0 Å². The molecule has 186 valence electrons. The Labute approximate surface area is 203 Å². The Morgan fingerprint density at radius 1 is 1.09 bits per heavy atom. The highest BCUT2D eigenvalue weighted by Crippen LogP contribution is 2.43. The zero-order valence-corrected chi connectivity index (χ0v) is 21.0. The normalized spacial score (nSPS) is 21.2. The summed E-state index contributed by atoms with van der Waals surface area (Å²) in [5.74, 6) is -4.37. The first-order valence-electron chi connectivity index (χ1n) is 11.4. The smallest absolute Gasteiger partial charge is 0.307 e. The van der Waals surface area contributed by atoms with Crippen molar-refractivity contribution < 1.29 is 33.0 Å². The molecule has 35 heavy (non-hydrogen) atoms. The van der Waals surface area contributed by atoms with Crippen LogP contribution in [0.4, 0.5) is 14.5 Å². The fourth-order valence-electron chi connectivity index (χ4n) is 4.78. The van der Waals surface area contributed by atoms with Crippen LogP contribution in [0, 0.1) is 23.5 Å². The van der Waals surface area contributed by atoms with Gasteiger partial charge in [-0.2, -0.15) is 0 Å². The number of carbonyl (C=O) groups is 3. The van der Waals surface area contributed by atoms with Gasteiger partial charge in [0.15, 0.2) is 0 Å². The number of benzene rings is 2. The lowest BCUT2D eigenvalue weighted by atomic mass is 9.91. The van der Waals surface area contributed by atoms with E-state index in [4.69, 9.17) is 4.74 Å². The molecule has 1 fully saturated rings. The third-order valence-electron chi connectivity index (χ3n) is 6.59. The van der Waals surface area contributed by atoms with Gasteiger partial charge in [0.05, 0.1) is 27.0 Å². The van der Waals surface area contributed by atoms with Crippen molar-refractivity contribution in [2.24, 2.45) is 11.8 Å². The molecule has 2 aliphatic rings. The molecule has 0 unspecified atom stereocenters. The van der Waals surface area contributed by atoms with Gasteiger partial charge >= 0.3 is 5.97 Å². The van der Waals surface area contributed by atoms with E-state index >= 15 is 0 Å². The van der Waals surface area contributed by atoms with Gasteiger partial charge in [0.2, 0.25) is 5.91 Å². The molecule has 2 amide bonds. The van der Waals surface area contributed by atoms with Crippen molar-refractivity contribution >= 4 is 36.7 Å². The molecule has 2 aromatic rings. The number of nitrogens with one attached hydrogen (secondary N) is 1. The van der Waals surface area contributed by atoms with Crippen molar-refractivity contribution in [3.63, 3.8) is 0 Å². The molecule has 7 nitrogen and oxygen atoms in total. The number of nitrogens with zero attached hydrogens (tertiary/aromatic N) is 1. The second kappa shape index (κ2) is 9.07. The van der Waals surface area contributed by atoms with E-state index in [9.17, 15) is 28.3 Å². The van der Waals surface area contributed by atoms with Gasteiger partial charge in [-0.05, 0) is 48.2 Å². The molecule has 0 saturated heterocycles. The first kappa shape index (κ1) is 24.8. The average Bonchev–Trinajstić information content (AvgIpc) is 3.57. The summed E-state index contributed by atoms with van der Waals surface area (Å²) in [6.07, 6.45) is 0.684. The van der Waals surface area contributed by atoms with E-state index in [1.807, 2.05) is 19.6 Å². The highest BCUT2D eigenvalue weighted by molar-refractivity contribution is 6.88. The van der Waals surface area contributed by atoms with Gasteiger partial charge in [-0.15, -0.1) is 0 Å². The van der Waals surface area contributed by atoms with Crippen molar-refractivity contribution in [3.05, 3.63) is 53.1 Å². The van der Waals surface area contributed by atoms with E-state index < -0.39 is 55.4 Å². The lowest BCUT2D eigenvalue weighted by molar-refractivity contribution is -0.144. The highest BCUT2D eigenvalue weighted by atomic mass is 28.3. The zero-order chi connectivity index (χ0) is 25.7. The van der Waals surface area contributed by atoms with Crippen LogP contribution in [0.2, 0.25) is 19.6 Å². The minimum atomic E-state index is -2.30. The van der Waals surface area contributed by atoms with Gasteiger partial charge < -0.3 is 20.1 Å². The second-order valence-corrected chi connectivity index (χ2v) is 15.1.